The summed E-state index contributed by atoms with van der Waals surface area (Å²) in [5, 5.41) is 4.89. The van der Waals surface area contributed by atoms with Gasteiger partial charge in [0.2, 0.25) is 5.91 Å². The first-order valence-corrected chi connectivity index (χ1v) is 9.76. The van der Waals surface area contributed by atoms with Crippen molar-refractivity contribution in [2.75, 3.05) is 13.7 Å². The van der Waals surface area contributed by atoms with Crippen LogP contribution in [-0.4, -0.2) is 36.4 Å². The normalized spacial score (nSPS) is 17.1. The van der Waals surface area contributed by atoms with Crippen molar-refractivity contribution in [3.8, 4) is 0 Å². The molecule has 0 radical (unpaired) electrons. The van der Waals surface area contributed by atoms with Crippen LogP contribution in [0.15, 0.2) is 41.8 Å². The quantitative estimate of drug-likeness (QED) is 0.847. The molecular formula is C20H24N2O3S. The fourth-order valence-corrected chi connectivity index (χ4v) is 3.97. The minimum absolute atomic E-state index is 0.0399. The number of amides is 2. The Morgan fingerprint density at radius 3 is 2.85 bits per heavy atom. The largest absolute Gasteiger partial charge is 0.380 e. The van der Waals surface area contributed by atoms with E-state index in [0.717, 1.165) is 24.0 Å². The Bertz CT molecular complexity index is 745. The Morgan fingerprint density at radius 1 is 1.23 bits per heavy atom. The number of nitrogens with one attached hydrogen (secondary N) is 1. The molecule has 2 amide bonds. The predicted octanol–water partition coefficient (Wildman–Crippen LogP) is 3.21. The highest BCUT2D eigenvalue weighted by Gasteiger charge is 2.32. The smallest absolute Gasteiger partial charge is 0.264 e. The van der Waals surface area contributed by atoms with Crippen LogP contribution < -0.4 is 5.32 Å². The van der Waals surface area contributed by atoms with E-state index in [2.05, 4.69) is 5.32 Å². The van der Waals surface area contributed by atoms with Gasteiger partial charge in [-0.05, 0) is 41.8 Å². The van der Waals surface area contributed by atoms with Crippen LogP contribution in [0.4, 0.5) is 0 Å². The van der Waals surface area contributed by atoms with E-state index in [1.807, 2.05) is 41.8 Å². The summed E-state index contributed by atoms with van der Waals surface area (Å²) in [7, 11) is 1.66. The van der Waals surface area contributed by atoms with Gasteiger partial charge in [0.1, 0.15) is 6.04 Å². The molecule has 3 rings (SSSR count). The van der Waals surface area contributed by atoms with Crippen molar-refractivity contribution in [1.29, 1.82) is 0 Å². The molecule has 1 aliphatic rings. The number of rotatable bonds is 6. The number of hydrogen-bond donors (Lipinski definition) is 1. The van der Waals surface area contributed by atoms with Crippen LogP contribution in [0.5, 0.6) is 0 Å². The molecule has 6 heteroatoms. The van der Waals surface area contributed by atoms with E-state index >= 15 is 0 Å². The number of benzene rings is 1. The molecule has 1 unspecified atom stereocenters. The second kappa shape index (κ2) is 8.96. The van der Waals surface area contributed by atoms with Crippen molar-refractivity contribution in [3.63, 3.8) is 0 Å². The van der Waals surface area contributed by atoms with Crippen molar-refractivity contribution in [2.45, 2.75) is 38.5 Å². The summed E-state index contributed by atoms with van der Waals surface area (Å²) >= 11 is 1.42. The number of ether oxygens (including phenoxy) is 1. The minimum Gasteiger partial charge on any atom is -0.380 e. The molecule has 1 aromatic carbocycles. The van der Waals surface area contributed by atoms with Crippen molar-refractivity contribution in [3.05, 3.63) is 57.8 Å². The molecule has 1 aliphatic heterocycles. The average molecular weight is 372 g/mol. The lowest BCUT2D eigenvalue weighted by molar-refractivity contribution is -0.126. The van der Waals surface area contributed by atoms with E-state index in [9.17, 15) is 9.59 Å². The number of likely N-dealkylation sites (tertiary alicyclic amines) is 1. The summed E-state index contributed by atoms with van der Waals surface area (Å²) in [6.45, 7) is 1.64. The molecule has 1 saturated heterocycles. The Labute approximate surface area is 158 Å². The summed E-state index contributed by atoms with van der Waals surface area (Å²) in [6, 6.07) is 11.3. The SMILES string of the molecule is COCc1cccc(CNC(=O)C2CCCCN2C(=O)c2cccs2)c1. The molecule has 1 N–H and O–H groups in total. The van der Waals surface area contributed by atoms with Crippen LogP contribution in [0.25, 0.3) is 0 Å². The topological polar surface area (TPSA) is 58.6 Å². The molecule has 0 spiro atoms. The van der Waals surface area contributed by atoms with Gasteiger partial charge in [-0.3, -0.25) is 9.59 Å². The molecule has 0 aliphatic carbocycles. The summed E-state index contributed by atoms with van der Waals surface area (Å²) in [5.41, 5.74) is 2.10. The number of carbonyl (C=O) groups is 2. The van der Waals surface area contributed by atoms with Crippen molar-refractivity contribution >= 4 is 23.2 Å². The summed E-state index contributed by atoms with van der Waals surface area (Å²) in [4.78, 5) is 27.9. The van der Waals surface area contributed by atoms with E-state index in [1.54, 1.807) is 12.0 Å². The lowest BCUT2D eigenvalue weighted by Crippen LogP contribution is -2.51. The van der Waals surface area contributed by atoms with E-state index in [0.29, 0.717) is 31.0 Å². The molecule has 2 aromatic rings. The van der Waals surface area contributed by atoms with E-state index in [1.165, 1.54) is 11.3 Å². The summed E-state index contributed by atoms with van der Waals surface area (Å²) < 4.78 is 5.15. The van der Waals surface area contributed by atoms with Gasteiger partial charge in [-0.1, -0.05) is 30.3 Å². The van der Waals surface area contributed by atoms with Gasteiger partial charge in [0.15, 0.2) is 0 Å². The van der Waals surface area contributed by atoms with E-state index < -0.39 is 0 Å². The molecule has 0 bridgehead atoms. The molecule has 1 atom stereocenters. The molecule has 26 heavy (non-hydrogen) atoms. The fourth-order valence-electron chi connectivity index (χ4n) is 3.29. The zero-order valence-electron chi connectivity index (χ0n) is 14.9. The monoisotopic (exact) mass is 372 g/mol. The average Bonchev–Trinajstić information content (AvgIpc) is 3.21. The second-order valence-corrected chi connectivity index (χ2v) is 7.41. The number of nitrogens with zero attached hydrogens (tertiary/aromatic N) is 1. The van der Waals surface area contributed by atoms with Crippen LogP contribution in [0.2, 0.25) is 0 Å². The highest BCUT2D eigenvalue weighted by atomic mass is 32.1. The van der Waals surface area contributed by atoms with Crippen LogP contribution in [-0.2, 0) is 22.7 Å². The van der Waals surface area contributed by atoms with Gasteiger partial charge in [0.05, 0.1) is 11.5 Å². The molecule has 0 saturated carbocycles. The Balaban J connectivity index is 1.63. The maximum atomic E-state index is 12.7. The van der Waals surface area contributed by atoms with Gasteiger partial charge in [-0.15, -0.1) is 11.3 Å². The van der Waals surface area contributed by atoms with Gasteiger partial charge < -0.3 is 15.0 Å². The number of methoxy groups -OCH3 is 1. The highest BCUT2D eigenvalue weighted by molar-refractivity contribution is 7.12. The standard InChI is InChI=1S/C20H24N2O3S/c1-25-14-16-7-4-6-15(12-16)13-21-19(23)17-8-2-3-10-22(17)20(24)18-9-5-11-26-18/h4-7,9,11-12,17H,2-3,8,10,13-14H2,1H3,(H,21,23). The second-order valence-electron chi connectivity index (χ2n) is 6.46. The van der Waals surface area contributed by atoms with E-state index in [-0.39, 0.29) is 17.9 Å². The summed E-state index contributed by atoms with van der Waals surface area (Å²) in [6.07, 6.45) is 2.63. The highest BCUT2D eigenvalue weighted by Crippen LogP contribution is 2.22. The first-order valence-electron chi connectivity index (χ1n) is 8.88. The molecular weight excluding hydrogens is 348 g/mol. The first-order chi connectivity index (χ1) is 12.7. The molecule has 1 aromatic heterocycles. The minimum atomic E-state index is -0.388. The van der Waals surface area contributed by atoms with Crippen molar-refractivity contribution in [1.82, 2.24) is 10.2 Å². The third-order valence-electron chi connectivity index (χ3n) is 4.57. The van der Waals surface area contributed by atoms with Gasteiger partial charge in [-0.25, -0.2) is 0 Å². The Morgan fingerprint density at radius 2 is 2.08 bits per heavy atom. The number of hydrogen-bond acceptors (Lipinski definition) is 4. The van der Waals surface area contributed by atoms with Gasteiger partial charge >= 0.3 is 0 Å². The number of carbonyl (C=O) groups excluding carboxylic acids is 2. The fraction of sp³-hybridized carbons (Fsp3) is 0.400. The zero-order valence-corrected chi connectivity index (χ0v) is 15.8. The zero-order chi connectivity index (χ0) is 18.4. The van der Waals surface area contributed by atoms with Crippen molar-refractivity contribution < 1.29 is 14.3 Å². The molecule has 2 heterocycles. The Hall–Kier alpha value is -2.18. The predicted molar refractivity (Wildman–Crippen MR) is 102 cm³/mol. The number of piperidine rings is 1. The van der Waals surface area contributed by atoms with Crippen LogP contribution in [0, 0.1) is 0 Å². The third-order valence-corrected chi connectivity index (χ3v) is 5.43. The van der Waals surface area contributed by atoms with Gasteiger partial charge in [-0.2, -0.15) is 0 Å². The first kappa shape index (κ1) is 18.6. The third kappa shape index (κ3) is 4.51. The lowest BCUT2D eigenvalue weighted by atomic mass is 10.0. The van der Waals surface area contributed by atoms with Crippen LogP contribution in [0.1, 0.15) is 40.1 Å². The van der Waals surface area contributed by atoms with Crippen LogP contribution >= 0.6 is 11.3 Å². The molecule has 1 fully saturated rings. The van der Waals surface area contributed by atoms with Crippen LogP contribution in [0.3, 0.4) is 0 Å². The maximum absolute atomic E-state index is 12.7. The van der Waals surface area contributed by atoms with Crippen molar-refractivity contribution in [2.24, 2.45) is 0 Å². The van der Waals surface area contributed by atoms with Gasteiger partial charge in [0, 0.05) is 20.2 Å². The summed E-state index contributed by atoms with van der Waals surface area (Å²) in [5.74, 6) is -0.117. The van der Waals surface area contributed by atoms with E-state index in [4.69, 9.17) is 4.74 Å². The Kier molecular flexibility index (Phi) is 6.41. The number of thiophene rings is 1. The van der Waals surface area contributed by atoms with Gasteiger partial charge in [0.25, 0.3) is 5.91 Å². The molecule has 138 valence electrons. The lowest BCUT2D eigenvalue weighted by Gasteiger charge is -2.34. The molecule has 5 nitrogen and oxygen atoms in total. The maximum Gasteiger partial charge on any atom is 0.264 e.